The van der Waals surface area contributed by atoms with Crippen LogP contribution in [0.2, 0.25) is 0 Å². The summed E-state index contributed by atoms with van der Waals surface area (Å²) in [6, 6.07) is 3.50. The Kier molecular flexibility index (Phi) is 1.36. The second-order valence-electron chi connectivity index (χ2n) is 3.19. The smallest absolute Gasteiger partial charge is 0.283 e. The van der Waals surface area contributed by atoms with Crippen molar-refractivity contribution in [3.05, 3.63) is 28.7 Å². The molecule has 3 heterocycles. The van der Waals surface area contributed by atoms with Gasteiger partial charge in [0.15, 0.2) is 0 Å². The van der Waals surface area contributed by atoms with Crippen molar-refractivity contribution in [1.82, 2.24) is 14.5 Å². The largest absolute Gasteiger partial charge is 0.354 e. The van der Waals surface area contributed by atoms with Crippen molar-refractivity contribution in [2.45, 2.75) is 6.54 Å². The van der Waals surface area contributed by atoms with Gasteiger partial charge in [0.2, 0.25) is 5.95 Å². The van der Waals surface area contributed by atoms with Crippen LogP contribution in [-0.2, 0) is 6.54 Å². The van der Waals surface area contributed by atoms with Crippen LogP contribution in [0.25, 0.3) is 11.0 Å². The lowest BCUT2D eigenvalue weighted by molar-refractivity contribution is 0.811. The third kappa shape index (κ3) is 0.863. The second-order valence-corrected chi connectivity index (χ2v) is 3.19. The van der Waals surface area contributed by atoms with E-state index >= 15 is 0 Å². The Hall–Kier alpha value is -1.91. The van der Waals surface area contributed by atoms with Crippen molar-refractivity contribution in [3.8, 4) is 0 Å². The van der Waals surface area contributed by atoms with Gasteiger partial charge in [-0.1, -0.05) is 0 Å². The highest BCUT2D eigenvalue weighted by Crippen LogP contribution is 2.15. The molecule has 0 bridgehead atoms. The molecular weight excluding hydrogens is 180 g/mol. The van der Waals surface area contributed by atoms with Crippen LogP contribution in [0.15, 0.2) is 23.1 Å². The monoisotopic (exact) mass is 188 g/mol. The fourth-order valence-corrected chi connectivity index (χ4v) is 1.72. The van der Waals surface area contributed by atoms with E-state index in [0.717, 1.165) is 13.1 Å². The van der Waals surface area contributed by atoms with Crippen molar-refractivity contribution in [1.29, 1.82) is 0 Å². The lowest BCUT2D eigenvalue weighted by Gasteiger charge is -2.04. The van der Waals surface area contributed by atoms with Gasteiger partial charge in [-0.25, -0.2) is 4.98 Å². The molecule has 1 aliphatic heterocycles. The first kappa shape index (κ1) is 7.49. The van der Waals surface area contributed by atoms with Crippen LogP contribution >= 0.6 is 0 Å². The van der Waals surface area contributed by atoms with E-state index in [2.05, 4.69) is 15.3 Å². The van der Waals surface area contributed by atoms with Gasteiger partial charge in [-0.2, -0.15) is 4.98 Å². The Morgan fingerprint density at radius 1 is 1.50 bits per heavy atom. The van der Waals surface area contributed by atoms with Gasteiger partial charge in [0.1, 0.15) is 5.65 Å². The van der Waals surface area contributed by atoms with E-state index in [9.17, 15) is 4.79 Å². The lowest BCUT2D eigenvalue weighted by Crippen LogP contribution is -2.13. The van der Waals surface area contributed by atoms with Crippen molar-refractivity contribution in [2.24, 2.45) is 0 Å². The normalized spacial score (nSPS) is 14.0. The molecule has 2 aromatic rings. The highest BCUT2D eigenvalue weighted by molar-refractivity contribution is 5.75. The van der Waals surface area contributed by atoms with Crippen LogP contribution in [0.1, 0.15) is 0 Å². The van der Waals surface area contributed by atoms with E-state index in [-0.39, 0.29) is 5.56 Å². The molecule has 0 saturated heterocycles. The topological polar surface area (TPSA) is 59.8 Å². The highest BCUT2D eigenvalue weighted by Gasteiger charge is 2.14. The van der Waals surface area contributed by atoms with Crippen LogP contribution in [0.5, 0.6) is 0 Å². The number of aromatic nitrogens is 3. The first-order chi connectivity index (χ1) is 6.86. The third-order valence-corrected chi connectivity index (χ3v) is 2.35. The summed E-state index contributed by atoms with van der Waals surface area (Å²) in [5.41, 5.74) is 0.501. The SMILES string of the molecule is O=c1nc2n(c3ncccc13)CCN2. The molecule has 3 rings (SSSR count). The summed E-state index contributed by atoms with van der Waals surface area (Å²) in [4.78, 5) is 19.7. The average Bonchev–Trinajstić information content (AvgIpc) is 2.66. The standard InChI is InChI=1S/C9H8N4O/c14-8-6-2-1-3-10-7(6)13-5-4-11-9(13)12-8/h1-3H,4-5H2,(H,11,12,14). The Morgan fingerprint density at radius 3 is 3.36 bits per heavy atom. The summed E-state index contributed by atoms with van der Waals surface area (Å²) >= 11 is 0. The van der Waals surface area contributed by atoms with Gasteiger partial charge < -0.3 is 5.32 Å². The predicted molar refractivity (Wildman–Crippen MR) is 52.3 cm³/mol. The molecule has 0 aliphatic carbocycles. The van der Waals surface area contributed by atoms with E-state index in [1.807, 2.05) is 4.57 Å². The zero-order chi connectivity index (χ0) is 9.54. The minimum absolute atomic E-state index is 0.214. The predicted octanol–water partition coefficient (Wildman–Crippen LogP) is 0.217. The molecule has 0 saturated carbocycles. The maximum Gasteiger partial charge on any atom is 0.283 e. The summed E-state index contributed by atoms with van der Waals surface area (Å²) in [6.45, 7) is 1.62. The summed E-state index contributed by atoms with van der Waals surface area (Å²) in [7, 11) is 0. The molecular formula is C9H8N4O. The summed E-state index contributed by atoms with van der Waals surface area (Å²) in [6.07, 6.45) is 1.69. The molecule has 14 heavy (non-hydrogen) atoms. The maximum absolute atomic E-state index is 11.5. The fourth-order valence-electron chi connectivity index (χ4n) is 1.72. The number of hydrogen-bond donors (Lipinski definition) is 1. The van der Waals surface area contributed by atoms with Crippen molar-refractivity contribution < 1.29 is 0 Å². The summed E-state index contributed by atoms with van der Waals surface area (Å²) in [5.74, 6) is 0.626. The molecule has 0 aromatic carbocycles. The first-order valence-corrected chi connectivity index (χ1v) is 4.46. The molecule has 1 aliphatic rings. The van der Waals surface area contributed by atoms with Gasteiger partial charge in [-0.15, -0.1) is 0 Å². The molecule has 0 spiro atoms. The average molecular weight is 188 g/mol. The number of pyridine rings is 1. The zero-order valence-electron chi connectivity index (χ0n) is 7.40. The van der Waals surface area contributed by atoms with E-state index in [1.165, 1.54) is 0 Å². The van der Waals surface area contributed by atoms with Crippen molar-refractivity contribution >= 4 is 17.0 Å². The Labute approximate surface area is 79.4 Å². The van der Waals surface area contributed by atoms with Crippen molar-refractivity contribution in [2.75, 3.05) is 11.9 Å². The molecule has 70 valence electrons. The van der Waals surface area contributed by atoms with E-state index in [1.54, 1.807) is 18.3 Å². The lowest BCUT2D eigenvalue weighted by atomic mass is 10.3. The van der Waals surface area contributed by atoms with Crippen LogP contribution in [0.4, 0.5) is 5.95 Å². The summed E-state index contributed by atoms with van der Waals surface area (Å²) < 4.78 is 1.93. The number of nitrogens with one attached hydrogen (secondary N) is 1. The summed E-state index contributed by atoms with van der Waals surface area (Å²) in [5, 5.41) is 3.63. The molecule has 1 N–H and O–H groups in total. The van der Waals surface area contributed by atoms with Crippen LogP contribution in [-0.4, -0.2) is 21.1 Å². The zero-order valence-corrected chi connectivity index (χ0v) is 7.40. The minimum atomic E-state index is -0.214. The number of nitrogens with zero attached hydrogens (tertiary/aromatic N) is 3. The highest BCUT2D eigenvalue weighted by atomic mass is 16.1. The molecule has 0 radical (unpaired) electrons. The van der Waals surface area contributed by atoms with Gasteiger partial charge >= 0.3 is 0 Å². The molecule has 0 fully saturated rings. The quantitative estimate of drug-likeness (QED) is 0.642. The second kappa shape index (κ2) is 2.54. The number of rotatable bonds is 0. The first-order valence-electron chi connectivity index (χ1n) is 4.46. The molecule has 0 unspecified atom stereocenters. The molecule has 2 aromatic heterocycles. The molecule has 5 nitrogen and oxygen atoms in total. The Bertz CT molecular complexity index is 560. The van der Waals surface area contributed by atoms with Crippen LogP contribution in [0, 0.1) is 0 Å². The van der Waals surface area contributed by atoms with Gasteiger partial charge in [0.25, 0.3) is 5.56 Å². The van der Waals surface area contributed by atoms with Crippen LogP contribution in [0.3, 0.4) is 0 Å². The van der Waals surface area contributed by atoms with Gasteiger partial charge in [0.05, 0.1) is 5.39 Å². The van der Waals surface area contributed by atoms with Gasteiger partial charge in [-0.05, 0) is 12.1 Å². The van der Waals surface area contributed by atoms with E-state index < -0.39 is 0 Å². The third-order valence-electron chi connectivity index (χ3n) is 2.35. The molecule has 0 amide bonds. The van der Waals surface area contributed by atoms with Crippen molar-refractivity contribution in [3.63, 3.8) is 0 Å². The number of anilines is 1. The Balaban J connectivity index is 2.53. The molecule has 5 heteroatoms. The fraction of sp³-hybridized carbons (Fsp3) is 0.222. The van der Waals surface area contributed by atoms with E-state index in [4.69, 9.17) is 0 Å². The van der Waals surface area contributed by atoms with Crippen LogP contribution < -0.4 is 10.9 Å². The number of fused-ring (bicyclic) bond motifs is 3. The maximum atomic E-state index is 11.5. The number of hydrogen-bond acceptors (Lipinski definition) is 4. The van der Waals surface area contributed by atoms with Gasteiger partial charge in [0, 0.05) is 19.3 Å². The molecule has 0 atom stereocenters. The van der Waals surface area contributed by atoms with Gasteiger partial charge in [-0.3, -0.25) is 9.36 Å². The Morgan fingerprint density at radius 2 is 2.43 bits per heavy atom. The van der Waals surface area contributed by atoms with E-state index in [0.29, 0.717) is 17.0 Å². The minimum Gasteiger partial charge on any atom is -0.354 e.